The molecule has 0 radical (unpaired) electrons. The topological polar surface area (TPSA) is 122 Å². The number of hydrogen-bond donors (Lipinski definition) is 3. The summed E-state index contributed by atoms with van der Waals surface area (Å²) in [7, 11) is 0. The van der Waals surface area contributed by atoms with E-state index in [2.05, 4.69) is 26.2 Å². The van der Waals surface area contributed by atoms with Crippen molar-refractivity contribution in [3.05, 3.63) is 88.9 Å². The second kappa shape index (κ2) is 9.17. The van der Waals surface area contributed by atoms with Gasteiger partial charge in [0.25, 0.3) is 11.8 Å². The monoisotopic (exact) mass is 431 g/mol. The van der Waals surface area contributed by atoms with Gasteiger partial charge in [0, 0.05) is 11.1 Å². The standard InChI is InChI=1S/C23H21N5O4/c1-14-19(15(2)32-28-14)13-31-18-10-6-9-17(11-18)22(29)26-27-23(30)21-12-20(24-25-21)16-7-4-3-5-8-16/h3-12H,13H2,1-2H3,(H,24,25)(H,26,29)(H,27,30). The van der Waals surface area contributed by atoms with Crippen LogP contribution in [0.3, 0.4) is 0 Å². The molecule has 0 aliphatic heterocycles. The Morgan fingerprint density at radius 2 is 1.78 bits per heavy atom. The van der Waals surface area contributed by atoms with Crippen molar-refractivity contribution < 1.29 is 18.8 Å². The van der Waals surface area contributed by atoms with Crippen LogP contribution in [0.5, 0.6) is 5.75 Å². The lowest BCUT2D eigenvalue weighted by molar-refractivity contribution is 0.0843. The minimum absolute atomic E-state index is 0.223. The van der Waals surface area contributed by atoms with Gasteiger partial charge in [-0.3, -0.25) is 25.5 Å². The number of hydrogen-bond acceptors (Lipinski definition) is 6. The summed E-state index contributed by atoms with van der Waals surface area (Å²) in [5, 5.41) is 10.7. The molecule has 9 heteroatoms. The summed E-state index contributed by atoms with van der Waals surface area (Å²) in [6.45, 7) is 3.92. The van der Waals surface area contributed by atoms with Crippen LogP contribution < -0.4 is 15.6 Å². The quantitative estimate of drug-likeness (QED) is 0.403. The van der Waals surface area contributed by atoms with Gasteiger partial charge >= 0.3 is 0 Å². The number of aromatic amines is 1. The summed E-state index contributed by atoms with van der Waals surface area (Å²) in [6, 6.07) is 17.7. The maximum Gasteiger partial charge on any atom is 0.287 e. The average molecular weight is 431 g/mol. The molecule has 0 aliphatic rings. The second-order valence-electron chi connectivity index (χ2n) is 7.06. The van der Waals surface area contributed by atoms with Crippen molar-refractivity contribution in [3.8, 4) is 17.0 Å². The third-order valence-electron chi connectivity index (χ3n) is 4.84. The van der Waals surface area contributed by atoms with Crippen molar-refractivity contribution in [3.63, 3.8) is 0 Å². The zero-order valence-electron chi connectivity index (χ0n) is 17.5. The summed E-state index contributed by atoms with van der Waals surface area (Å²) in [6.07, 6.45) is 0. The fourth-order valence-electron chi connectivity index (χ4n) is 3.04. The van der Waals surface area contributed by atoms with E-state index in [1.807, 2.05) is 44.2 Å². The Kier molecular flexibility index (Phi) is 5.98. The summed E-state index contributed by atoms with van der Waals surface area (Å²) in [5.74, 6) is 0.196. The molecule has 2 amide bonds. The SMILES string of the molecule is Cc1noc(C)c1COc1cccc(C(=O)NNC(=O)c2cc(-c3ccccc3)n[nH]2)c1. The molecule has 3 N–H and O–H groups in total. The van der Waals surface area contributed by atoms with Gasteiger partial charge in [-0.05, 0) is 38.1 Å². The predicted molar refractivity (Wildman–Crippen MR) is 116 cm³/mol. The molecule has 0 atom stereocenters. The van der Waals surface area contributed by atoms with Crippen LogP contribution in [-0.4, -0.2) is 27.2 Å². The van der Waals surface area contributed by atoms with E-state index in [0.29, 0.717) is 22.8 Å². The zero-order chi connectivity index (χ0) is 22.5. The molecule has 0 saturated carbocycles. The highest BCUT2D eigenvalue weighted by Gasteiger charge is 2.14. The van der Waals surface area contributed by atoms with Crippen LogP contribution in [0.1, 0.15) is 37.9 Å². The third kappa shape index (κ3) is 4.67. The maximum atomic E-state index is 12.5. The van der Waals surface area contributed by atoms with Crippen molar-refractivity contribution >= 4 is 11.8 Å². The Morgan fingerprint density at radius 1 is 1.00 bits per heavy atom. The molecule has 0 saturated heterocycles. The molecule has 2 aromatic carbocycles. The Bertz CT molecular complexity index is 1230. The number of H-pyrrole nitrogens is 1. The summed E-state index contributed by atoms with van der Waals surface area (Å²) in [5.41, 5.74) is 8.45. The first-order valence-electron chi connectivity index (χ1n) is 9.87. The number of benzene rings is 2. The normalized spacial score (nSPS) is 10.6. The molecule has 4 aromatic rings. The number of nitrogens with one attached hydrogen (secondary N) is 3. The highest BCUT2D eigenvalue weighted by Crippen LogP contribution is 2.19. The van der Waals surface area contributed by atoms with Crippen LogP contribution in [0.15, 0.2) is 65.2 Å². The van der Waals surface area contributed by atoms with E-state index in [0.717, 1.165) is 16.8 Å². The molecule has 0 fully saturated rings. The van der Waals surface area contributed by atoms with Gasteiger partial charge in [0.1, 0.15) is 23.8 Å². The second-order valence-corrected chi connectivity index (χ2v) is 7.06. The molecule has 2 heterocycles. The Labute approximate surface area is 183 Å². The van der Waals surface area contributed by atoms with E-state index < -0.39 is 11.8 Å². The number of hydrazine groups is 1. The highest BCUT2D eigenvalue weighted by atomic mass is 16.5. The zero-order valence-corrected chi connectivity index (χ0v) is 17.5. The summed E-state index contributed by atoms with van der Waals surface area (Å²) in [4.78, 5) is 24.8. The van der Waals surface area contributed by atoms with E-state index in [1.165, 1.54) is 0 Å². The van der Waals surface area contributed by atoms with Crippen molar-refractivity contribution in [2.45, 2.75) is 20.5 Å². The Balaban J connectivity index is 1.34. The fourth-order valence-corrected chi connectivity index (χ4v) is 3.04. The first kappa shape index (κ1) is 20.9. The molecule has 0 spiro atoms. The van der Waals surface area contributed by atoms with Crippen molar-refractivity contribution in [1.29, 1.82) is 0 Å². The van der Waals surface area contributed by atoms with E-state index in [9.17, 15) is 9.59 Å². The van der Waals surface area contributed by atoms with E-state index in [4.69, 9.17) is 9.26 Å². The molecule has 0 aliphatic carbocycles. The Hall–Kier alpha value is -4.40. The number of carbonyl (C=O) groups excluding carboxylic acids is 2. The predicted octanol–water partition coefficient (Wildman–Crippen LogP) is 3.34. The largest absolute Gasteiger partial charge is 0.489 e. The van der Waals surface area contributed by atoms with Crippen LogP contribution >= 0.6 is 0 Å². The number of aryl methyl sites for hydroxylation is 2. The first-order valence-corrected chi connectivity index (χ1v) is 9.87. The molecule has 0 unspecified atom stereocenters. The first-order chi connectivity index (χ1) is 15.5. The van der Waals surface area contributed by atoms with Gasteiger partial charge in [-0.15, -0.1) is 0 Å². The number of aromatic nitrogens is 3. The maximum absolute atomic E-state index is 12.5. The number of carbonyl (C=O) groups is 2. The molecule has 9 nitrogen and oxygen atoms in total. The van der Waals surface area contributed by atoms with E-state index >= 15 is 0 Å². The highest BCUT2D eigenvalue weighted by molar-refractivity contribution is 5.98. The van der Waals surface area contributed by atoms with Crippen LogP contribution in [0.4, 0.5) is 0 Å². The van der Waals surface area contributed by atoms with Crippen molar-refractivity contribution in [1.82, 2.24) is 26.2 Å². The van der Waals surface area contributed by atoms with E-state index in [-0.39, 0.29) is 12.3 Å². The molecular formula is C23H21N5O4. The van der Waals surface area contributed by atoms with E-state index in [1.54, 1.807) is 30.3 Å². The molecule has 32 heavy (non-hydrogen) atoms. The van der Waals surface area contributed by atoms with Crippen LogP contribution in [0.25, 0.3) is 11.3 Å². The number of nitrogens with zero attached hydrogens (tertiary/aromatic N) is 2. The number of amides is 2. The summed E-state index contributed by atoms with van der Waals surface area (Å²) >= 11 is 0. The lowest BCUT2D eigenvalue weighted by Gasteiger charge is -2.09. The molecule has 2 aromatic heterocycles. The van der Waals surface area contributed by atoms with Gasteiger partial charge in [-0.25, -0.2) is 0 Å². The third-order valence-corrected chi connectivity index (χ3v) is 4.84. The minimum Gasteiger partial charge on any atom is -0.489 e. The average Bonchev–Trinajstić information content (AvgIpc) is 3.44. The number of rotatable bonds is 6. The van der Waals surface area contributed by atoms with Crippen LogP contribution in [0.2, 0.25) is 0 Å². The van der Waals surface area contributed by atoms with Gasteiger partial charge in [0.05, 0.1) is 17.0 Å². The molecule has 4 rings (SSSR count). The molecule has 162 valence electrons. The number of ether oxygens (including phenoxy) is 1. The smallest absolute Gasteiger partial charge is 0.287 e. The molecule has 0 bridgehead atoms. The fraction of sp³-hybridized carbons (Fsp3) is 0.130. The van der Waals surface area contributed by atoms with Gasteiger partial charge in [-0.2, -0.15) is 5.10 Å². The van der Waals surface area contributed by atoms with Crippen molar-refractivity contribution in [2.24, 2.45) is 0 Å². The van der Waals surface area contributed by atoms with Gasteiger partial charge in [-0.1, -0.05) is 41.6 Å². The minimum atomic E-state index is -0.515. The van der Waals surface area contributed by atoms with Gasteiger partial charge in [0.2, 0.25) is 0 Å². The van der Waals surface area contributed by atoms with Crippen molar-refractivity contribution in [2.75, 3.05) is 0 Å². The van der Waals surface area contributed by atoms with Gasteiger partial charge < -0.3 is 9.26 Å². The van der Waals surface area contributed by atoms with Crippen LogP contribution in [0, 0.1) is 13.8 Å². The van der Waals surface area contributed by atoms with Gasteiger partial charge in [0.15, 0.2) is 0 Å². The lowest BCUT2D eigenvalue weighted by Crippen LogP contribution is -2.41. The Morgan fingerprint density at radius 3 is 2.53 bits per heavy atom. The molecular weight excluding hydrogens is 410 g/mol. The lowest BCUT2D eigenvalue weighted by atomic mass is 10.1. The van der Waals surface area contributed by atoms with Crippen LogP contribution in [-0.2, 0) is 6.61 Å². The summed E-state index contributed by atoms with van der Waals surface area (Å²) < 4.78 is 10.9.